The highest BCUT2D eigenvalue weighted by molar-refractivity contribution is 8.00. The van der Waals surface area contributed by atoms with Gasteiger partial charge < -0.3 is 24.3 Å². The molecule has 39 heavy (non-hydrogen) atoms. The van der Waals surface area contributed by atoms with Crippen molar-refractivity contribution < 1.29 is 33.8 Å². The van der Waals surface area contributed by atoms with Crippen LogP contribution in [0, 0.1) is 0 Å². The first-order valence-electron chi connectivity index (χ1n) is 13.1. The maximum absolute atomic E-state index is 14.0. The topological polar surface area (TPSA) is 133 Å². The number of aliphatic carboxylic acids is 1. The molecule has 11 heteroatoms. The van der Waals surface area contributed by atoms with E-state index in [1.54, 1.807) is 6.92 Å². The maximum atomic E-state index is 14.0. The summed E-state index contributed by atoms with van der Waals surface area (Å²) in [5.74, 6) is -1.50. The number of fused-ring (bicyclic) bond motifs is 1. The van der Waals surface area contributed by atoms with Gasteiger partial charge in [0.2, 0.25) is 5.89 Å². The molecule has 3 aliphatic rings. The van der Waals surface area contributed by atoms with E-state index in [1.165, 1.54) is 43.0 Å². The molecule has 1 aliphatic carbocycles. The number of nitrogens with zero attached hydrogens (tertiary/aromatic N) is 3. The zero-order valence-corrected chi connectivity index (χ0v) is 23.0. The molecule has 1 aromatic heterocycles. The number of aliphatic hydroxyl groups excluding tert-OH is 1. The van der Waals surface area contributed by atoms with E-state index in [0.29, 0.717) is 23.5 Å². The van der Waals surface area contributed by atoms with E-state index in [2.05, 4.69) is 4.98 Å². The van der Waals surface area contributed by atoms with Gasteiger partial charge in [0, 0.05) is 0 Å². The summed E-state index contributed by atoms with van der Waals surface area (Å²) in [5, 5.41) is 19.1. The van der Waals surface area contributed by atoms with Gasteiger partial charge in [-0.05, 0) is 57.6 Å². The molecule has 2 fully saturated rings. The van der Waals surface area contributed by atoms with Gasteiger partial charge in [0.05, 0.1) is 30.5 Å². The second-order valence-corrected chi connectivity index (χ2v) is 11.9. The van der Waals surface area contributed by atoms with Crippen molar-refractivity contribution in [1.82, 2.24) is 14.8 Å². The molecule has 1 aromatic carbocycles. The molecule has 0 bridgehead atoms. The fourth-order valence-corrected chi connectivity index (χ4v) is 7.06. The monoisotopic (exact) mass is 555 g/mol. The molecule has 2 N–H and O–H groups in total. The quantitative estimate of drug-likeness (QED) is 0.489. The zero-order valence-electron chi connectivity index (χ0n) is 22.1. The molecule has 3 amide bonds. The van der Waals surface area contributed by atoms with Crippen LogP contribution < -0.4 is 0 Å². The van der Waals surface area contributed by atoms with Gasteiger partial charge in [-0.25, -0.2) is 19.5 Å². The number of hydrogen-bond donors (Lipinski definition) is 2. The fraction of sp³-hybridized carbons (Fsp3) is 0.500. The van der Waals surface area contributed by atoms with Crippen molar-refractivity contribution in [2.45, 2.75) is 80.9 Å². The Morgan fingerprint density at radius 2 is 2.00 bits per heavy atom. The van der Waals surface area contributed by atoms with Crippen molar-refractivity contribution in [3.05, 3.63) is 65.4 Å². The highest BCUT2D eigenvalue weighted by Gasteiger charge is 2.55. The Labute approximate surface area is 231 Å². The summed E-state index contributed by atoms with van der Waals surface area (Å²) in [6, 6.07) is 8.82. The summed E-state index contributed by atoms with van der Waals surface area (Å²) < 4.78 is 12.1. The van der Waals surface area contributed by atoms with Crippen LogP contribution in [0.5, 0.6) is 0 Å². The van der Waals surface area contributed by atoms with Crippen molar-refractivity contribution in [3.63, 3.8) is 0 Å². The lowest BCUT2D eigenvalue weighted by Gasteiger charge is -2.45. The molecular formula is C28H33N3O7S. The first-order valence-corrected chi connectivity index (χ1v) is 14.1. The van der Waals surface area contributed by atoms with Crippen LogP contribution in [0.1, 0.15) is 69.3 Å². The van der Waals surface area contributed by atoms with Gasteiger partial charge in [-0.2, -0.15) is 0 Å². The molecule has 3 heterocycles. The number of hydrogen-bond acceptors (Lipinski definition) is 8. The van der Waals surface area contributed by atoms with E-state index in [4.69, 9.17) is 9.15 Å². The summed E-state index contributed by atoms with van der Waals surface area (Å²) in [6.45, 7) is 4.58. The van der Waals surface area contributed by atoms with Gasteiger partial charge in [0.1, 0.15) is 28.5 Å². The third kappa shape index (κ3) is 5.10. The van der Waals surface area contributed by atoms with E-state index in [-0.39, 0.29) is 12.6 Å². The Morgan fingerprint density at radius 1 is 1.26 bits per heavy atom. The maximum Gasteiger partial charge on any atom is 0.329 e. The summed E-state index contributed by atoms with van der Waals surface area (Å²) in [5.41, 5.74) is 0.0963. The number of oxazole rings is 1. The van der Waals surface area contributed by atoms with Crippen LogP contribution in [0.15, 0.2) is 58.4 Å². The molecule has 0 spiro atoms. The number of ether oxygens (including phenoxy) is 1. The number of carboxylic acids is 1. The van der Waals surface area contributed by atoms with E-state index < -0.39 is 46.3 Å². The van der Waals surface area contributed by atoms with Gasteiger partial charge in [0.25, 0.3) is 5.91 Å². The minimum Gasteiger partial charge on any atom is -0.480 e. The Balaban J connectivity index is 1.54. The largest absolute Gasteiger partial charge is 0.480 e. The van der Waals surface area contributed by atoms with E-state index in [0.717, 1.165) is 29.7 Å². The summed E-state index contributed by atoms with van der Waals surface area (Å²) in [4.78, 5) is 46.7. The molecule has 2 unspecified atom stereocenters. The Hall–Kier alpha value is -3.15. The number of rotatable bonds is 8. The van der Waals surface area contributed by atoms with Crippen LogP contribution in [0.2, 0.25) is 0 Å². The average Bonchev–Trinajstić information content (AvgIpc) is 3.54. The number of aromatic nitrogens is 1. The summed E-state index contributed by atoms with van der Waals surface area (Å²) in [7, 11) is 0. The number of carbonyl (C=O) groups is 3. The first kappa shape index (κ1) is 27.4. The standard InChI is InChI=1S/C28H33N3O7S/c1-16-21-24(33)31(28(2,3)26(34)35)27(36)30(25(21)39-22(16)23-29-12-13-37-23)15-20(17-8-5-4-6-9-17)38-19-11-7-10-18(32)14-19/h4-6,8-9,12-13,18-20,22,25,32H,7,10-11,14-15H2,1-3H3,(H,34,35)/t18-,19-,20-,22?,25?/m0/s1. The van der Waals surface area contributed by atoms with Crippen molar-refractivity contribution >= 4 is 29.7 Å². The third-order valence-corrected chi connectivity index (χ3v) is 9.31. The third-order valence-electron chi connectivity index (χ3n) is 7.73. The van der Waals surface area contributed by atoms with Gasteiger partial charge >= 0.3 is 12.0 Å². The normalized spacial score (nSPS) is 26.7. The van der Waals surface area contributed by atoms with E-state index in [1.807, 2.05) is 30.3 Å². The van der Waals surface area contributed by atoms with Crippen LogP contribution in [0.3, 0.4) is 0 Å². The van der Waals surface area contributed by atoms with Crippen LogP contribution >= 0.6 is 11.8 Å². The number of thioether (sulfide) groups is 1. The molecule has 1 saturated carbocycles. The first-order chi connectivity index (χ1) is 18.6. The molecule has 2 aromatic rings. The lowest BCUT2D eigenvalue weighted by molar-refractivity contribution is -0.154. The Morgan fingerprint density at radius 3 is 2.64 bits per heavy atom. The van der Waals surface area contributed by atoms with Crippen molar-refractivity contribution in [2.24, 2.45) is 0 Å². The average molecular weight is 556 g/mol. The van der Waals surface area contributed by atoms with E-state index >= 15 is 0 Å². The lowest BCUT2D eigenvalue weighted by Crippen LogP contribution is -2.65. The number of aliphatic hydroxyl groups is 1. The van der Waals surface area contributed by atoms with Crippen LogP contribution in [-0.2, 0) is 14.3 Å². The Kier molecular flexibility index (Phi) is 7.58. The highest BCUT2D eigenvalue weighted by atomic mass is 32.2. The van der Waals surface area contributed by atoms with Crippen molar-refractivity contribution in [1.29, 1.82) is 0 Å². The molecular weight excluding hydrogens is 522 g/mol. The summed E-state index contributed by atoms with van der Waals surface area (Å²) in [6.07, 6.45) is 4.66. The molecule has 5 atom stereocenters. The fourth-order valence-electron chi connectivity index (χ4n) is 5.49. The molecule has 2 aliphatic heterocycles. The minimum atomic E-state index is -1.78. The van der Waals surface area contributed by atoms with Gasteiger partial charge in [-0.1, -0.05) is 30.3 Å². The molecule has 5 rings (SSSR count). The van der Waals surface area contributed by atoms with Crippen LogP contribution in [0.25, 0.3) is 0 Å². The number of imide groups is 1. The molecule has 208 valence electrons. The number of amides is 3. The second kappa shape index (κ2) is 10.8. The number of carboxylic acid groups (broad SMARTS) is 1. The lowest BCUT2D eigenvalue weighted by atomic mass is 9.94. The zero-order chi connectivity index (χ0) is 27.9. The number of benzene rings is 1. The van der Waals surface area contributed by atoms with Crippen molar-refractivity contribution in [2.75, 3.05) is 6.54 Å². The van der Waals surface area contributed by atoms with E-state index in [9.17, 15) is 24.6 Å². The molecule has 1 saturated heterocycles. The molecule has 10 nitrogen and oxygen atoms in total. The predicted molar refractivity (Wildman–Crippen MR) is 143 cm³/mol. The van der Waals surface area contributed by atoms with Gasteiger partial charge in [0.15, 0.2) is 0 Å². The second-order valence-electron chi connectivity index (χ2n) is 10.8. The van der Waals surface area contributed by atoms with Crippen LogP contribution in [-0.4, -0.2) is 72.6 Å². The molecule has 0 radical (unpaired) electrons. The Bertz CT molecular complexity index is 1260. The van der Waals surface area contributed by atoms with Crippen molar-refractivity contribution in [3.8, 4) is 0 Å². The summed E-state index contributed by atoms with van der Waals surface area (Å²) >= 11 is 1.37. The predicted octanol–water partition coefficient (Wildman–Crippen LogP) is 4.29. The smallest absolute Gasteiger partial charge is 0.329 e. The SMILES string of the molecule is CC1=C2C(=O)N(C(C)(C)C(=O)O)C(=O)N(C[C@H](O[C@H]3CCC[C@H](O)C3)c3ccccc3)C2SC1c1ncco1. The highest BCUT2D eigenvalue weighted by Crippen LogP contribution is 2.52. The number of urea groups is 1. The number of carbonyl (C=O) groups excluding carboxylic acids is 2. The van der Waals surface area contributed by atoms with Gasteiger partial charge in [-0.15, -0.1) is 11.8 Å². The van der Waals surface area contributed by atoms with Crippen LogP contribution in [0.4, 0.5) is 4.79 Å². The van der Waals surface area contributed by atoms with Gasteiger partial charge in [-0.3, -0.25) is 4.79 Å². The minimum absolute atomic E-state index is 0.0850.